The monoisotopic (exact) mass is 482 g/mol. The molecule has 186 valence electrons. The average molecular weight is 482 g/mol. The Balaban J connectivity index is 2.31. The minimum absolute atomic E-state index is 0.119. The number of alkyl halides is 9. The summed E-state index contributed by atoms with van der Waals surface area (Å²) in [6.07, 6.45) is -15.8. The number of esters is 1. The molecule has 0 amide bonds. The van der Waals surface area contributed by atoms with E-state index in [2.05, 4.69) is 6.58 Å². The normalized spacial score (nSPS) is 33.0. The maximum atomic E-state index is 14.3. The first-order valence-corrected chi connectivity index (χ1v) is 10.5. The molecule has 2 bridgehead atoms. The van der Waals surface area contributed by atoms with E-state index in [1.54, 1.807) is 6.92 Å². The molecule has 0 spiro atoms. The summed E-state index contributed by atoms with van der Waals surface area (Å²) in [6, 6.07) is 0. The Bertz CT molecular complexity index is 689. The van der Waals surface area contributed by atoms with Crippen molar-refractivity contribution in [1.29, 1.82) is 0 Å². The van der Waals surface area contributed by atoms with Crippen molar-refractivity contribution in [3.8, 4) is 0 Å². The van der Waals surface area contributed by atoms with Gasteiger partial charge in [-0.05, 0) is 62.2 Å². The first-order valence-electron chi connectivity index (χ1n) is 10.5. The molecule has 2 aliphatic rings. The van der Waals surface area contributed by atoms with Crippen LogP contribution in [0.4, 0.5) is 39.5 Å². The Hall–Kier alpha value is -1.42. The summed E-state index contributed by atoms with van der Waals surface area (Å²) < 4.78 is 123. The van der Waals surface area contributed by atoms with Crippen molar-refractivity contribution in [1.82, 2.24) is 0 Å². The predicted octanol–water partition coefficient (Wildman–Crippen LogP) is 6.84. The number of fused-ring (bicyclic) bond motifs is 2. The zero-order valence-corrected chi connectivity index (χ0v) is 17.7. The maximum absolute atomic E-state index is 14.3. The molecule has 0 aromatic carbocycles. The fourth-order valence-electron chi connectivity index (χ4n) is 5.35. The lowest BCUT2D eigenvalue weighted by molar-refractivity contribution is -0.200. The van der Waals surface area contributed by atoms with Crippen LogP contribution in [0.1, 0.15) is 52.4 Å². The smallest absolute Gasteiger partial charge is 0.422 e. The van der Waals surface area contributed by atoms with Gasteiger partial charge in [-0.2, -0.15) is 22.0 Å². The van der Waals surface area contributed by atoms with Crippen LogP contribution >= 0.6 is 0 Å². The molecule has 0 saturated heterocycles. The fraction of sp³-hybridized carbons (Fsp3) is 0.857. The van der Waals surface area contributed by atoms with Crippen molar-refractivity contribution in [3.05, 3.63) is 12.2 Å². The summed E-state index contributed by atoms with van der Waals surface area (Å²) in [6.45, 7) is 6.19. The first-order chi connectivity index (χ1) is 14.5. The number of carbonyl (C=O) groups excluding carboxylic acids is 1. The summed E-state index contributed by atoms with van der Waals surface area (Å²) in [5.41, 5.74) is -3.46. The SMILES string of the molecule is C=C(C(=O)OC1(CCC(F)C(F)C(F)(F)C(F)F)C(C)CC2CC(C)CC1C2)C(F)(F)F. The van der Waals surface area contributed by atoms with Crippen LogP contribution in [0, 0.1) is 23.7 Å². The molecule has 0 aromatic rings. The van der Waals surface area contributed by atoms with Crippen LogP contribution in [-0.4, -0.2) is 42.4 Å². The van der Waals surface area contributed by atoms with Gasteiger partial charge in [0.25, 0.3) is 0 Å². The second kappa shape index (κ2) is 9.44. The Morgan fingerprint density at radius 3 is 2.16 bits per heavy atom. The Labute approximate surface area is 180 Å². The van der Waals surface area contributed by atoms with E-state index in [1.807, 2.05) is 6.92 Å². The number of hydrogen-bond donors (Lipinski definition) is 0. The maximum Gasteiger partial charge on any atom is 0.422 e. The Morgan fingerprint density at radius 1 is 1.03 bits per heavy atom. The van der Waals surface area contributed by atoms with E-state index in [-0.39, 0.29) is 11.8 Å². The number of carbonyl (C=O) groups is 1. The van der Waals surface area contributed by atoms with E-state index in [0.29, 0.717) is 19.3 Å². The molecule has 2 rings (SSSR count). The average Bonchev–Trinajstić information content (AvgIpc) is 2.67. The van der Waals surface area contributed by atoms with E-state index in [9.17, 15) is 44.3 Å². The van der Waals surface area contributed by atoms with Gasteiger partial charge in [0.05, 0.1) is 0 Å². The van der Waals surface area contributed by atoms with Gasteiger partial charge in [0, 0.05) is 0 Å². The minimum atomic E-state index is -5.23. The minimum Gasteiger partial charge on any atom is -0.455 e. The summed E-state index contributed by atoms with van der Waals surface area (Å²) in [4.78, 5) is 12.2. The second-order valence-corrected chi connectivity index (χ2v) is 9.26. The molecular formula is C21H27F9O2. The Morgan fingerprint density at radius 2 is 1.62 bits per heavy atom. The summed E-state index contributed by atoms with van der Waals surface area (Å²) >= 11 is 0. The molecule has 0 heterocycles. The summed E-state index contributed by atoms with van der Waals surface area (Å²) in [7, 11) is 0. The quantitative estimate of drug-likeness (QED) is 0.215. The zero-order valence-electron chi connectivity index (χ0n) is 17.7. The van der Waals surface area contributed by atoms with Crippen LogP contribution in [0.3, 0.4) is 0 Å². The van der Waals surface area contributed by atoms with Gasteiger partial charge in [-0.25, -0.2) is 22.4 Å². The van der Waals surface area contributed by atoms with Gasteiger partial charge in [-0.15, -0.1) is 0 Å². The standard InChI is InChI=1S/C21H27F9O2/c1-10-6-13-8-11(2)19(14(7-10)9-13,32-17(31)12(3)21(28,29)30)5-4-15(22)16(23)20(26,27)18(24)25/h10-11,13-16,18H,3-9H2,1-2H3. The lowest BCUT2D eigenvalue weighted by atomic mass is 9.56. The van der Waals surface area contributed by atoms with Crippen molar-refractivity contribution in [2.75, 3.05) is 0 Å². The number of ether oxygens (including phenoxy) is 1. The molecule has 32 heavy (non-hydrogen) atoms. The Kier molecular flexibility index (Phi) is 7.92. The molecular weight excluding hydrogens is 455 g/mol. The van der Waals surface area contributed by atoms with Crippen LogP contribution in [0.5, 0.6) is 0 Å². The third kappa shape index (κ3) is 5.38. The van der Waals surface area contributed by atoms with Crippen molar-refractivity contribution in [3.63, 3.8) is 0 Å². The van der Waals surface area contributed by atoms with Crippen molar-refractivity contribution in [2.24, 2.45) is 23.7 Å². The molecule has 0 aliphatic heterocycles. The number of hydrogen-bond acceptors (Lipinski definition) is 2. The van der Waals surface area contributed by atoms with Crippen LogP contribution in [-0.2, 0) is 9.53 Å². The van der Waals surface area contributed by atoms with Crippen molar-refractivity contribution >= 4 is 5.97 Å². The van der Waals surface area contributed by atoms with E-state index >= 15 is 0 Å². The largest absolute Gasteiger partial charge is 0.455 e. The van der Waals surface area contributed by atoms with Gasteiger partial charge in [0.1, 0.15) is 17.3 Å². The van der Waals surface area contributed by atoms with E-state index in [1.165, 1.54) is 0 Å². The highest BCUT2D eigenvalue weighted by molar-refractivity contribution is 5.89. The highest BCUT2D eigenvalue weighted by Gasteiger charge is 2.57. The van der Waals surface area contributed by atoms with Crippen molar-refractivity contribution in [2.45, 2.75) is 88.8 Å². The molecule has 7 unspecified atom stereocenters. The molecule has 2 nitrogen and oxygen atoms in total. The second-order valence-electron chi connectivity index (χ2n) is 9.26. The number of rotatable bonds is 8. The summed E-state index contributed by atoms with van der Waals surface area (Å²) in [5.74, 6) is -7.78. The highest BCUT2D eigenvalue weighted by Crippen LogP contribution is 2.54. The first kappa shape index (κ1) is 26.8. The summed E-state index contributed by atoms with van der Waals surface area (Å²) in [5, 5.41) is 0. The molecule has 7 atom stereocenters. The molecule has 2 fully saturated rings. The van der Waals surface area contributed by atoms with Gasteiger partial charge < -0.3 is 4.74 Å². The van der Waals surface area contributed by atoms with Crippen LogP contribution in [0.25, 0.3) is 0 Å². The van der Waals surface area contributed by atoms with E-state index in [0.717, 1.165) is 6.42 Å². The highest BCUT2D eigenvalue weighted by atomic mass is 19.4. The van der Waals surface area contributed by atoms with Gasteiger partial charge in [-0.3, -0.25) is 0 Å². The third-order valence-corrected chi connectivity index (χ3v) is 6.91. The van der Waals surface area contributed by atoms with Gasteiger partial charge >= 0.3 is 24.5 Å². The predicted molar refractivity (Wildman–Crippen MR) is 97.8 cm³/mol. The van der Waals surface area contributed by atoms with Crippen molar-refractivity contribution < 1.29 is 49.0 Å². The fourth-order valence-corrected chi connectivity index (χ4v) is 5.35. The molecule has 2 aliphatic carbocycles. The van der Waals surface area contributed by atoms with Crippen LogP contribution < -0.4 is 0 Å². The molecule has 0 aromatic heterocycles. The van der Waals surface area contributed by atoms with Gasteiger partial charge in [0.2, 0.25) is 6.17 Å². The molecule has 0 radical (unpaired) electrons. The molecule has 0 N–H and O–H groups in total. The van der Waals surface area contributed by atoms with Crippen LogP contribution in [0.2, 0.25) is 0 Å². The lowest BCUT2D eigenvalue weighted by Crippen LogP contribution is -2.55. The topological polar surface area (TPSA) is 26.3 Å². The molecule has 2 saturated carbocycles. The van der Waals surface area contributed by atoms with E-state index < -0.39 is 72.7 Å². The zero-order chi connectivity index (χ0) is 24.6. The van der Waals surface area contributed by atoms with E-state index in [4.69, 9.17) is 4.74 Å². The van der Waals surface area contributed by atoms with Gasteiger partial charge in [0.15, 0.2) is 0 Å². The third-order valence-electron chi connectivity index (χ3n) is 6.91. The molecule has 11 heteroatoms. The van der Waals surface area contributed by atoms with Gasteiger partial charge in [-0.1, -0.05) is 20.4 Å². The van der Waals surface area contributed by atoms with Crippen LogP contribution in [0.15, 0.2) is 12.2 Å². The number of halogens is 9. The lowest BCUT2D eigenvalue weighted by Gasteiger charge is -2.54.